The van der Waals surface area contributed by atoms with Crippen LogP contribution in [0, 0.1) is 5.92 Å². The van der Waals surface area contributed by atoms with Gasteiger partial charge in [0.2, 0.25) is 0 Å². The number of para-hydroxylation sites is 1. The van der Waals surface area contributed by atoms with Crippen molar-refractivity contribution in [1.29, 1.82) is 0 Å². The van der Waals surface area contributed by atoms with Crippen molar-refractivity contribution >= 4 is 11.8 Å². The minimum absolute atomic E-state index is 0.241. The molecule has 5 rings (SSSR count). The van der Waals surface area contributed by atoms with Gasteiger partial charge in [0.25, 0.3) is 0 Å². The van der Waals surface area contributed by atoms with Crippen molar-refractivity contribution in [2.75, 3.05) is 0 Å². The first-order valence-corrected chi connectivity index (χ1v) is 10.1. The number of Topliss-reactive ketones (excluding diaryl/α,β-unsaturated/α-hetero) is 1. The number of rotatable bonds is 4. The number of aromatic nitrogens is 1. The molecule has 0 spiro atoms. The Morgan fingerprint density at radius 1 is 0.710 bits per heavy atom. The smallest absolute Gasteiger partial charge is 0.323 e. The van der Waals surface area contributed by atoms with E-state index in [1.807, 2.05) is 72.8 Å². The van der Waals surface area contributed by atoms with Crippen LogP contribution in [-0.4, -0.2) is 16.7 Å². The van der Waals surface area contributed by atoms with Crippen molar-refractivity contribution in [3.63, 3.8) is 0 Å². The summed E-state index contributed by atoms with van der Waals surface area (Å²) >= 11 is 0. The highest BCUT2D eigenvalue weighted by Gasteiger charge is 2.43. The molecule has 0 aliphatic carbocycles. The van der Waals surface area contributed by atoms with Crippen LogP contribution in [0.1, 0.15) is 27.5 Å². The van der Waals surface area contributed by atoms with Gasteiger partial charge in [-0.15, -0.1) is 0 Å². The largest absolute Gasteiger partial charge is 0.425 e. The van der Waals surface area contributed by atoms with Gasteiger partial charge in [-0.05, 0) is 41.0 Å². The summed E-state index contributed by atoms with van der Waals surface area (Å²) in [5.74, 6) is -2.01. The molecule has 0 saturated heterocycles. The van der Waals surface area contributed by atoms with Gasteiger partial charge in [-0.1, -0.05) is 72.8 Å². The van der Waals surface area contributed by atoms with E-state index in [1.54, 1.807) is 30.5 Å². The first kappa shape index (κ1) is 18.9. The van der Waals surface area contributed by atoms with Crippen LogP contribution in [-0.2, 0) is 4.79 Å². The maximum Gasteiger partial charge on any atom is 0.323 e. The number of benzene rings is 3. The van der Waals surface area contributed by atoms with Crippen molar-refractivity contribution in [3.8, 4) is 16.9 Å². The molecule has 2 atom stereocenters. The van der Waals surface area contributed by atoms with E-state index in [4.69, 9.17) is 4.74 Å². The zero-order chi connectivity index (χ0) is 21.2. The summed E-state index contributed by atoms with van der Waals surface area (Å²) in [6.45, 7) is 0. The number of esters is 1. The summed E-state index contributed by atoms with van der Waals surface area (Å²) in [5, 5.41) is 0. The lowest BCUT2D eigenvalue weighted by atomic mass is 9.77. The molecule has 0 saturated carbocycles. The molecule has 150 valence electrons. The predicted molar refractivity (Wildman–Crippen MR) is 118 cm³/mol. The summed E-state index contributed by atoms with van der Waals surface area (Å²) in [5.41, 5.74) is 4.09. The maximum absolute atomic E-state index is 13.4. The maximum atomic E-state index is 13.4. The highest BCUT2D eigenvalue weighted by atomic mass is 16.5. The Morgan fingerprint density at radius 2 is 1.39 bits per heavy atom. The molecule has 0 bridgehead atoms. The van der Waals surface area contributed by atoms with Crippen LogP contribution in [0.4, 0.5) is 0 Å². The predicted octanol–water partition coefficient (Wildman–Crippen LogP) is 5.30. The first-order chi connectivity index (χ1) is 15.2. The number of pyridine rings is 1. The molecule has 0 N–H and O–H groups in total. The zero-order valence-electron chi connectivity index (χ0n) is 16.6. The molecule has 4 heteroatoms. The summed E-state index contributed by atoms with van der Waals surface area (Å²) in [6.07, 6.45) is 1.67. The third-order valence-electron chi connectivity index (χ3n) is 5.62. The SMILES string of the molecule is O=C1Oc2ccccc2C(=O)C1C(c1ccc(-c2ccccc2)cc1)c1ccccn1. The third kappa shape index (κ3) is 3.53. The first-order valence-electron chi connectivity index (χ1n) is 10.1. The van der Waals surface area contributed by atoms with Gasteiger partial charge in [-0.25, -0.2) is 0 Å². The highest BCUT2D eigenvalue weighted by molar-refractivity contribution is 6.14. The van der Waals surface area contributed by atoms with E-state index >= 15 is 0 Å². The molecule has 31 heavy (non-hydrogen) atoms. The Bertz CT molecular complexity index is 1230. The van der Waals surface area contributed by atoms with Crippen LogP contribution in [0.15, 0.2) is 103 Å². The summed E-state index contributed by atoms with van der Waals surface area (Å²) in [6, 6.07) is 30.4. The summed E-state index contributed by atoms with van der Waals surface area (Å²) < 4.78 is 5.54. The molecular weight excluding hydrogens is 386 g/mol. The van der Waals surface area contributed by atoms with Crippen molar-refractivity contribution in [3.05, 3.63) is 120 Å². The number of fused-ring (bicyclic) bond motifs is 1. The molecule has 1 aliphatic heterocycles. The molecule has 1 aromatic heterocycles. The third-order valence-corrected chi connectivity index (χ3v) is 5.62. The van der Waals surface area contributed by atoms with Crippen LogP contribution in [0.25, 0.3) is 11.1 Å². The number of hydrogen-bond acceptors (Lipinski definition) is 4. The number of ether oxygens (including phenoxy) is 1. The average Bonchev–Trinajstić information content (AvgIpc) is 2.83. The van der Waals surface area contributed by atoms with Crippen LogP contribution in [0.2, 0.25) is 0 Å². The fraction of sp³-hybridized carbons (Fsp3) is 0.0741. The van der Waals surface area contributed by atoms with Gasteiger partial charge < -0.3 is 4.74 Å². The molecule has 4 nitrogen and oxygen atoms in total. The average molecular weight is 405 g/mol. The van der Waals surface area contributed by atoms with E-state index in [2.05, 4.69) is 4.98 Å². The Morgan fingerprint density at radius 3 is 2.13 bits per heavy atom. The topological polar surface area (TPSA) is 56.3 Å². The van der Waals surface area contributed by atoms with E-state index in [1.165, 1.54) is 0 Å². The lowest BCUT2D eigenvalue weighted by Gasteiger charge is -2.29. The molecule has 2 unspecified atom stereocenters. The minimum atomic E-state index is -0.993. The van der Waals surface area contributed by atoms with E-state index in [0.717, 1.165) is 16.7 Å². The highest BCUT2D eigenvalue weighted by Crippen LogP contribution is 2.39. The molecule has 1 aliphatic rings. The van der Waals surface area contributed by atoms with Crippen molar-refractivity contribution < 1.29 is 14.3 Å². The van der Waals surface area contributed by atoms with Gasteiger partial charge in [0.05, 0.1) is 5.56 Å². The number of nitrogens with zero attached hydrogens (tertiary/aromatic N) is 1. The Kier molecular flexibility index (Phi) is 4.89. The van der Waals surface area contributed by atoms with E-state index < -0.39 is 17.8 Å². The van der Waals surface area contributed by atoms with Gasteiger partial charge in [0, 0.05) is 17.8 Å². The molecule has 4 aromatic rings. The fourth-order valence-corrected chi connectivity index (χ4v) is 4.10. The monoisotopic (exact) mass is 405 g/mol. The molecule has 3 aromatic carbocycles. The van der Waals surface area contributed by atoms with Crippen LogP contribution in [0.5, 0.6) is 5.75 Å². The second-order valence-electron chi connectivity index (χ2n) is 7.48. The zero-order valence-corrected chi connectivity index (χ0v) is 16.6. The summed E-state index contributed by atoms with van der Waals surface area (Å²) in [7, 11) is 0. The van der Waals surface area contributed by atoms with Crippen LogP contribution < -0.4 is 4.74 Å². The Labute approximate surface area is 180 Å². The lowest BCUT2D eigenvalue weighted by Crippen LogP contribution is -2.38. The number of ketones is 1. The lowest BCUT2D eigenvalue weighted by molar-refractivity contribution is -0.138. The number of carbonyl (C=O) groups is 2. The van der Waals surface area contributed by atoms with Crippen molar-refractivity contribution in [1.82, 2.24) is 4.98 Å². The van der Waals surface area contributed by atoms with Crippen LogP contribution >= 0.6 is 0 Å². The molecule has 0 amide bonds. The van der Waals surface area contributed by atoms with Gasteiger partial charge in [-0.2, -0.15) is 0 Å². The van der Waals surface area contributed by atoms with Gasteiger partial charge in [-0.3, -0.25) is 14.6 Å². The van der Waals surface area contributed by atoms with Gasteiger partial charge in [0.1, 0.15) is 11.7 Å². The fourth-order valence-electron chi connectivity index (χ4n) is 4.10. The van der Waals surface area contributed by atoms with E-state index in [9.17, 15) is 9.59 Å². The van der Waals surface area contributed by atoms with E-state index in [0.29, 0.717) is 17.0 Å². The second-order valence-corrected chi connectivity index (χ2v) is 7.48. The van der Waals surface area contributed by atoms with E-state index in [-0.39, 0.29) is 5.78 Å². The number of hydrogen-bond donors (Lipinski definition) is 0. The van der Waals surface area contributed by atoms with Crippen molar-refractivity contribution in [2.45, 2.75) is 5.92 Å². The second kappa shape index (κ2) is 8.00. The minimum Gasteiger partial charge on any atom is -0.425 e. The molecule has 2 heterocycles. The van der Waals surface area contributed by atoms with Crippen LogP contribution in [0.3, 0.4) is 0 Å². The number of carbonyl (C=O) groups excluding carboxylic acids is 2. The standard InChI is InChI=1S/C27H19NO3/c29-26-21-10-4-5-12-23(21)31-27(30)25(26)24(22-11-6-7-17-28-22)20-15-13-19(14-16-20)18-8-2-1-3-9-18/h1-17,24-25H. The molecule has 0 radical (unpaired) electrons. The molecular formula is C27H19NO3. The van der Waals surface area contributed by atoms with Crippen molar-refractivity contribution in [2.24, 2.45) is 5.92 Å². The van der Waals surface area contributed by atoms with Gasteiger partial charge >= 0.3 is 5.97 Å². The summed E-state index contributed by atoms with van der Waals surface area (Å²) in [4.78, 5) is 30.8. The Hall–Kier alpha value is -4.05. The normalized spacial score (nSPS) is 16.3. The van der Waals surface area contributed by atoms with Gasteiger partial charge in [0.15, 0.2) is 5.78 Å². The quantitative estimate of drug-likeness (QED) is 0.263. The Balaban J connectivity index is 1.59. The molecule has 0 fully saturated rings.